The molecule has 1 aromatic rings. The molecular formula is C16H29N5O. The van der Waals surface area contributed by atoms with Gasteiger partial charge in [-0.15, -0.1) is 0 Å². The second-order valence-electron chi connectivity index (χ2n) is 7.05. The van der Waals surface area contributed by atoms with Crippen LogP contribution in [0.15, 0.2) is 12.7 Å². The van der Waals surface area contributed by atoms with Gasteiger partial charge in [0.05, 0.1) is 12.6 Å². The van der Waals surface area contributed by atoms with Gasteiger partial charge in [0, 0.05) is 19.1 Å². The Morgan fingerprint density at radius 1 is 1.18 bits per heavy atom. The number of aliphatic hydroxyl groups is 1. The first kappa shape index (κ1) is 15.9. The molecule has 0 aliphatic carbocycles. The van der Waals surface area contributed by atoms with Gasteiger partial charge >= 0.3 is 0 Å². The van der Waals surface area contributed by atoms with Gasteiger partial charge in [-0.05, 0) is 51.2 Å². The average Bonchev–Trinajstić information content (AvgIpc) is 3.15. The smallest absolute Gasteiger partial charge is 0.137 e. The van der Waals surface area contributed by atoms with E-state index in [1.165, 1.54) is 25.7 Å². The van der Waals surface area contributed by atoms with Crippen molar-refractivity contribution < 1.29 is 5.11 Å². The standard InChI is InChI=1S/C16H29N5O/c1-14-4-7-19(8-5-14)10-16(22)11-20-6-2-3-15(20)9-21-13-17-12-18-21/h12-16,22H,2-11H2,1H3/t15-,16-/m1/s1. The first-order valence-electron chi connectivity index (χ1n) is 8.67. The summed E-state index contributed by atoms with van der Waals surface area (Å²) < 4.78 is 1.90. The van der Waals surface area contributed by atoms with E-state index in [1.807, 2.05) is 4.68 Å². The number of β-amino-alcohol motifs (C(OH)–C–C–N with tert-alkyl or cyclic N) is 1. The highest BCUT2D eigenvalue weighted by atomic mass is 16.3. The molecule has 2 aliphatic heterocycles. The van der Waals surface area contributed by atoms with Gasteiger partial charge in [-0.3, -0.25) is 9.58 Å². The Hall–Kier alpha value is -0.980. The van der Waals surface area contributed by atoms with Crippen molar-refractivity contribution in [2.24, 2.45) is 5.92 Å². The third-order valence-corrected chi connectivity index (χ3v) is 5.15. The normalized spacial score (nSPS) is 26.5. The van der Waals surface area contributed by atoms with E-state index in [9.17, 15) is 5.11 Å². The summed E-state index contributed by atoms with van der Waals surface area (Å²) in [4.78, 5) is 8.86. The minimum Gasteiger partial charge on any atom is -0.390 e. The maximum atomic E-state index is 10.5. The maximum Gasteiger partial charge on any atom is 0.137 e. The topological polar surface area (TPSA) is 57.4 Å². The van der Waals surface area contributed by atoms with Gasteiger partial charge in [0.15, 0.2) is 0 Å². The van der Waals surface area contributed by atoms with Crippen molar-refractivity contribution in [3.8, 4) is 0 Å². The fourth-order valence-corrected chi connectivity index (χ4v) is 3.76. The summed E-state index contributed by atoms with van der Waals surface area (Å²) in [6.07, 6.45) is 8.07. The molecule has 3 heterocycles. The van der Waals surface area contributed by atoms with Crippen molar-refractivity contribution in [2.75, 3.05) is 32.7 Å². The summed E-state index contributed by atoms with van der Waals surface area (Å²) in [6, 6.07) is 0.484. The van der Waals surface area contributed by atoms with Crippen molar-refractivity contribution in [3.63, 3.8) is 0 Å². The lowest BCUT2D eigenvalue weighted by Gasteiger charge is -2.33. The third-order valence-electron chi connectivity index (χ3n) is 5.15. The molecule has 0 spiro atoms. The Morgan fingerprint density at radius 3 is 2.73 bits per heavy atom. The largest absolute Gasteiger partial charge is 0.390 e. The fraction of sp³-hybridized carbons (Fsp3) is 0.875. The zero-order valence-corrected chi connectivity index (χ0v) is 13.6. The number of hydrogen-bond donors (Lipinski definition) is 1. The van der Waals surface area contributed by atoms with Crippen LogP contribution < -0.4 is 0 Å². The Morgan fingerprint density at radius 2 is 2.00 bits per heavy atom. The number of rotatable bonds is 6. The van der Waals surface area contributed by atoms with Gasteiger partial charge < -0.3 is 10.0 Å². The van der Waals surface area contributed by atoms with E-state index >= 15 is 0 Å². The highest BCUT2D eigenvalue weighted by Crippen LogP contribution is 2.20. The van der Waals surface area contributed by atoms with Crippen LogP contribution in [0.2, 0.25) is 0 Å². The SMILES string of the molecule is CC1CCN(C[C@@H](O)CN2CCC[C@@H]2Cn2cncn2)CC1. The fourth-order valence-electron chi connectivity index (χ4n) is 3.76. The monoisotopic (exact) mass is 307 g/mol. The van der Waals surface area contributed by atoms with E-state index in [2.05, 4.69) is 26.8 Å². The molecule has 6 nitrogen and oxygen atoms in total. The molecule has 2 atom stereocenters. The van der Waals surface area contributed by atoms with Gasteiger partial charge in [0.2, 0.25) is 0 Å². The molecule has 2 fully saturated rings. The van der Waals surface area contributed by atoms with Crippen LogP contribution in [0.25, 0.3) is 0 Å². The summed E-state index contributed by atoms with van der Waals surface area (Å²) in [5, 5.41) is 14.7. The Labute approximate surface area is 133 Å². The summed E-state index contributed by atoms with van der Waals surface area (Å²) in [5.74, 6) is 0.846. The van der Waals surface area contributed by atoms with Gasteiger partial charge in [0.1, 0.15) is 12.7 Å². The van der Waals surface area contributed by atoms with E-state index in [0.29, 0.717) is 6.04 Å². The summed E-state index contributed by atoms with van der Waals surface area (Å²) in [6.45, 7) is 8.18. The van der Waals surface area contributed by atoms with Crippen LogP contribution in [0.3, 0.4) is 0 Å². The number of likely N-dealkylation sites (tertiary alicyclic amines) is 2. The maximum absolute atomic E-state index is 10.5. The molecule has 1 N–H and O–H groups in total. The molecule has 2 saturated heterocycles. The highest BCUT2D eigenvalue weighted by molar-refractivity contribution is 4.82. The molecule has 0 saturated carbocycles. The molecule has 0 radical (unpaired) electrons. The minimum atomic E-state index is -0.246. The number of hydrogen-bond acceptors (Lipinski definition) is 5. The second kappa shape index (κ2) is 7.53. The zero-order valence-electron chi connectivity index (χ0n) is 13.6. The van der Waals surface area contributed by atoms with Crippen molar-refractivity contribution in [1.82, 2.24) is 24.6 Å². The Balaban J connectivity index is 1.44. The average molecular weight is 307 g/mol. The Kier molecular flexibility index (Phi) is 5.44. The van der Waals surface area contributed by atoms with Gasteiger partial charge in [-0.25, -0.2) is 4.98 Å². The molecular weight excluding hydrogens is 278 g/mol. The molecule has 2 aliphatic rings. The Bertz CT molecular complexity index is 430. The molecule has 3 rings (SSSR count). The molecule has 22 heavy (non-hydrogen) atoms. The summed E-state index contributed by atoms with van der Waals surface area (Å²) in [7, 11) is 0. The van der Waals surface area contributed by atoms with Crippen molar-refractivity contribution in [2.45, 2.75) is 51.3 Å². The summed E-state index contributed by atoms with van der Waals surface area (Å²) in [5.41, 5.74) is 0. The quantitative estimate of drug-likeness (QED) is 0.844. The number of aliphatic hydroxyl groups excluding tert-OH is 1. The number of piperidine rings is 1. The van der Waals surface area contributed by atoms with Crippen LogP contribution in [0.5, 0.6) is 0 Å². The van der Waals surface area contributed by atoms with Crippen molar-refractivity contribution >= 4 is 0 Å². The third kappa shape index (κ3) is 4.27. The predicted molar refractivity (Wildman–Crippen MR) is 85.5 cm³/mol. The van der Waals surface area contributed by atoms with Gasteiger partial charge in [0.25, 0.3) is 0 Å². The lowest BCUT2D eigenvalue weighted by atomic mass is 9.99. The minimum absolute atomic E-state index is 0.246. The van der Waals surface area contributed by atoms with E-state index in [4.69, 9.17) is 0 Å². The van der Waals surface area contributed by atoms with E-state index in [-0.39, 0.29) is 6.10 Å². The van der Waals surface area contributed by atoms with Crippen LogP contribution in [-0.2, 0) is 6.54 Å². The van der Waals surface area contributed by atoms with Crippen LogP contribution in [-0.4, -0.2) is 74.5 Å². The van der Waals surface area contributed by atoms with E-state index in [1.54, 1.807) is 12.7 Å². The van der Waals surface area contributed by atoms with Crippen LogP contribution in [0.1, 0.15) is 32.6 Å². The molecule has 1 aromatic heterocycles. The van der Waals surface area contributed by atoms with E-state index in [0.717, 1.165) is 45.2 Å². The predicted octanol–water partition coefficient (Wildman–Crippen LogP) is 0.835. The molecule has 0 bridgehead atoms. The second-order valence-corrected chi connectivity index (χ2v) is 7.05. The molecule has 0 unspecified atom stereocenters. The van der Waals surface area contributed by atoms with Gasteiger partial charge in [-0.1, -0.05) is 6.92 Å². The first-order valence-corrected chi connectivity index (χ1v) is 8.67. The molecule has 124 valence electrons. The van der Waals surface area contributed by atoms with Crippen molar-refractivity contribution in [1.29, 1.82) is 0 Å². The zero-order chi connectivity index (χ0) is 15.4. The van der Waals surface area contributed by atoms with Crippen molar-refractivity contribution in [3.05, 3.63) is 12.7 Å². The lowest BCUT2D eigenvalue weighted by molar-refractivity contribution is 0.0552. The van der Waals surface area contributed by atoms with Crippen LogP contribution in [0.4, 0.5) is 0 Å². The lowest BCUT2D eigenvalue weighted by Crippen LogP contribution is -2.45. The summed E-state index contributed by atoms with van der Waals surface area (Å²) >= 11 is 0. The van der Waals surface area contributed by atoms with Crippen LogP contribution >= 0.6 is 0 Å². The number of aromatic nitrogens is 3. The first-order chi connectivity index (χ1) is 10.7. The molecule has 6 heteroatoms. The molecule has 0 amide bonds. The van der Waals surface area contributed by atoms with Crippen LogP contribution in [0, 0.1) is 5.92 Å². The number of nitrogens with zero attached hydrogens (tertiary/aromatic N) is 5. The highest BCUT2D eigenvalue weighted by Gasteiger charge is 2.27. The van der Waals surface area contributed by atoms with E-state index < -0.39 is 0 Å². The van der Waals surface area contributed by atoms with Gasteiger partial charge in [-0.2, -0.15) is 5.10 Å². The molecule has 0 aromatic carbocycles.